The van der Waals surface area contributed by atoms with Gasteiger partial charge in [-0.05, 0) is 13.8 Å². The summed E-state index contributed by atoms with van der Waals surface area (Å²) in [4.78, 5) is 10.9. The van der Waals surface area contributed by atoms with Gasteiger partial charge in [0.2, 0.25) is 0 Å². The zero-order chi connectivity index (χ0) is 6.73. The predicted octanol–water partition coefficient (Wildman–Crippen LogP) is 0.293. The van der Waals surface area contributed by atoms with Crippen molar-refractivity contribution in [3.05, 3.63) is 0 Å². The number of hydrogen-bond donors (Lipinski definition) is 1. The summed E-state index contributed by atoms with van der Waals surface area (Å²) >= 11 is 4.65. The number of hydrogen-bond acceptors (Lipinski definition) is 3. The summed E-state index contributed by atoms with van der Waals surface area (Å²) in [6, 6.07) is -0.537. The first-order valence-electron chi connectivity index (χ1n) is 2.32. The molecule has 2 N–H and O–H groups in total. The molecule has 0 aliphatic heterocycles. The molecular formula is C5H9NOS. The normalized spacial score (nSPS) is 12.9. The highest BCUT2D eigenvalue weighted by Gasteiger charge is 2.07. The third-order valence-corrected chi connectivity index (χ3v) is 1.13. The minimum absolute atomic E-state index is 0.0718. The highest BCUT2D eigenvalue weighted by molar-refractivity contribution is 7.80. The first kappa shape index (κ1) is 7.72. The molecule has 0 aliphatic carbocycles. The lowest BCUT2D eigenvalue weighted by Crippen LogP contribution is -2.34. The maximum atomic E-state index is 10.4. The number of carbonyl (C=O) groups is 1. The number of thiocarbonyl (C=S) groups is 1. The van der Waals surface area contributed by atoms with E-state index in [4.69, 9.17) is 5.73 Å². The minimum Gasteiger partial charge on any atom is -0.317 e. The molecule has 0 unspecified atom stereocenters. The zero-order valence-electron chi connectivity index (χ0n) is 4.97. The molecule has 0 bridgehead atoms. The van der Waals surface area contributed by atoms with E-state index >= 15 is 0 Å². The third-order valence-electron chi connectivity index (χ3n) is 0.876. The average Bonchev–Trinajstić information content (AvgIpc) is 1.64. The van der Waals surface area contributed by atoms with Crippen molar-refractivity contribution in [1.29, 1.82) is 0 Å². The van der Waals surface area contributed by atoms with Crippen molar-refractivity contribution in [1.82, 2.24) is 0 Å². The molecule has 0 aliphatic rings. The van der Waals surface area contributed by atoms with Crippen LogP contribution in [-0.4, -0.2) is 16.7 Å². The molecule has 0 aromatic rings. The van der Waals surface area contributed by atoms with Gasteiger partial charge >= 0.3 is 0 Å². The highest BCUT2D eigenvalue weighted by atomic mass is 32.1. The molecule has 0 spiro atoms. The van der Waals surface area contributed by atoms with Gasteiger partial charge in [-0.25, -0.2) is 0 Å². The van der Waals surface area contributed by atoms with Crippen LogP contribution in [0.5, 0.6) is 0 Å². The van der Waals surface area contributed by atoms with Crippen LogP contribution in [0.4, 0.5) is 0 Å². The molecule has 0 saturated carbocycles. The van der Waals surface area contributed by atoms with Crippen molar-refractivity contribution in [3.8, 4) is 0 Å². The predicted molar refractivity (Wildman–Crippen MR) is 36.9 cm³/mol. The molecule has 0 aromatic heterocycles. The summed E-state index contributed by atoms with van der Waals surface area (Å²) in [5.41, 5.74) is 5.27. The van der Waals surface area contributed by atoms with Gasteiger partial charge in [0.1, 0.15) is 0 Å². The Labute approximate surface area is 54.1 Å². The van der Waals surface area contributed by atoms with Crippen molar-refractivity contribution in [2.24, 2.45) is 5.73 Å². The zero-order valence-corrected chi connectivity index (χ0v) is 5.79. The van der Waals surface area contributed by atoms with Crippen LogP contribution in [0.1, 0.15) is 13.8 Å². The fourth-order valence-corrected chi connectivity index (χ4v) is 0.452. The van der Waals surface area contributed by atoms with Crippen LogP contribution in [-0.2, 0) is 4.79 Å². The summed E-state index contributed by atoms with van der Waals surface area (Å²) in [6.45, 7) is 3.10. The molecular weight excluding hydrogens is 122 g/mol. The van der Waals surface area contributed by atoms with E-state index in [1.54, 1.807) is 6.92 Å². The van der Waals surface area contributed by atoms with Crippen LogP contribution in [0.3, 0.4) is 0 Å². The first-order chi connectivity index (χ1) is 3.55. The van der Waals surface area contributed by atoms with E-state index in [0.717, 1.165) is 0 Å². The van der Waals surface area contributed by atoms with Crippen molar-refractivity contribution >= 4 is 22.9 Å². The Morgan fingerprint density at radius 3 is 2.00 bits per heavy atom. The topological polar surface area (TPSA) is 43.1 Å². The minimum atomic E-state index is -0.537. The molecule has 0 amide bonds. The van der Waals surface area contributed by atoms with Gasteiger partial charge in [0.25, 0.3) is 0 Å². The second-order valence-corrected chi connectivity index (χ2v) is 2.34. The van der Waals surface area contributed by atoms with Gasteiger partial charge in [0.15, 0.2) is 5.78 Å². The van der Waals surface area contributed by atoms with Gasteiger partial charge < -0.3 is 5.73 Å². The molecule has 8 heavy (non-hydrogen) atoms. The van der Waals surface area contributed by atoms with E-state index in [9.17, 15) is 4.79 Å². The molecule has 0 fully saturated rings. The number of ketones is 1. The molecule has 3 heteroatoms. The van der Waals surface area contributed by atoms with Crippen molar-refractivity contribution in [3.63, 3.8) is 0 Å². The number of rotatable bonds is 2. The molecule has 0 aromatic carbocycles. The molecule has 46 valence electrons. The van der Waals surface area contributed by atoms with Crippen molar-refractivity contribution < 1.29 is 4.79 Å². The lowest BCUT2D eigenvalue weighted by Gasteiger charge is -2.01. The Balaban J connectivity index is 3.83. The van der Waals surface area contributed by atoms with Gasteiger partial charge in [0.05, 0.1) is 6.04 Å². The fourth-order valence-electron chi connectivity index (χ4n) is 0.286. The van der Waals surface area contributed by atoms with Crippen LogP contribution >= 0.6 is 12.2 Å². The van der Waals surface area contributed by atoms with Gasteiger partial charge in [-0.2, -0.15) is 0 Å². The average molecular weight is 131 g/mol. The number of Topliss-reactive ketones (excluding diaryl/α,β-unsaturated/α-hetero) is 1. The quantitative estimate of drug-likeness (QED) is 0.548. The van der Waals surface area contributed by atoms with E-state index in [-0.39, 0.29) is 5.78 Å². The van der Waals surface area contributed by atoms with Crippen LogP contribution in [0.15, 0.2) is 0 Å². The summed E-state index contributed by atoms with van der Waals surface area (Å²) in [7, 11) is 0. The molecule has 0 heterocycles. The van der Waals surface area contributed by atoms with Gasteiger partial charge in [-0.15, -0.1) is 0 Å². The molecule has 0 radical (unpaired) electrons. The standard InChI is InChI=1S/C5H9NOS/c1-3(7)5(6)4(2)8/h5H,6H2,1-2H3/t5-/m0/s1. The van der Waals surface area contributed by atoms with Gasteiger partial charge in [-0.1, -0.05) is 12.2 Å². The second kappa shape index (κ2) is 2.89. The Hall–Kier alpha value is -0.280. The van der Waals surface area contributed by atoms with E-state index in [2.05, 4.69) is 12.2 Å². The first-order valence-corrected chi connectivity index (χ1v) is 2.73. The largest absolute Gasteiger partial charge is 0.317 e. The SMILES string of the molecule is CC(=O)[C@H](N)C(C)=S. The van der Waals surface area contributed by atoms with E-state index in [1.165, 1.54) is 6.92 Å². The smallest absolute Gasteiger partial charge is 0.151 e. The monoisotopic (exact) mass is 131 g/mol. The lowest BCUT2D eigenvalue weighted by atomic mass is 10.2. The molecule has 1 atom stereocenters. The van der Waals surface area contributed by atoms with Crippen LogP contribution in [0.2, 0.25) is 0 Å². The maximum absolute atomic E-state index is 10.4. The summed E-state index contributed by atoms with van der Waals surface area (Å²) in [5, 5.41) is 0. The number of nitrogens with two attached hydrogens (primary N) is 1. The fraction of sp³-hybridized carbons (Fsp3) is 0.600. The second-order valence-electron chi connectivity index (χ2n) is 1.70. The third kappa shape index (κ3) is 2.14. The molecule has 0 saturated heterocycles. The van der Waals surface area contributed by atoms with Crippen LogP contribution in [0.25, 0.3) is 0 Å². The van der Waals surface area contributed by atoms with Gasteiger partial charge in [0, 0.05) is 4.86 Å². The summed E-state index contributed by atoms with van der Waals surface area (Å²) in [5.74, 6) is -0.0718. The van der Waals surface area contributed by atoms with Crippen LogP contribution in [0, 0.1) is 0 Å². The molecule has 2 nitrogen and oxygen atoms in total. The Morgan fingerprint density at radius 2 is 2.00 bits per heavy atom. The van der Waals surface area contributed by atoms with E-state index in [0.29, 0.717) is 4.86 Å². The van der Waals surface area contributed by atoms with Crippen LogP contribution < -0.4 is 5.73 Å². The Kier molecular flexibility index (Phi) is 2.79. The van der Waals surface area contributed by atoms with Gasteiger partial charge in [-0.3, -0.25) is 4.79 Å². The number of carbonyl (C=O) groups excluding carboxylic acids is 1. The Bertz CT molecular complexity index is 108. The highest BCUT2D eigenvalue weighted by Crippen LogP contribution is 1.84. The summed E-state index contributed by atoms with van der Waals surface area (Å²) in [6.07, 6.45) is 0. The van der Waals surface area contributed by atoms with Crippen molar-refractivity contribution in [2.75, 3.05) is 0 Å². The maximum Gasteiger partial charge on any atom is 0.151 e. The van der Waals surface area contributed by atoms with E-state index < -0.39 is 6.04 Å². The summed E-state index contributed by atoms with van der Waals surface area (Å²) < 4.78 is 0. The van der Waals surface area contributed by atoms with Crippen molar-refractivity contribution in [2.45, 2.75) is 19.9 Å². The lowest BCUT2D eigenvalue weighted by molar-refractivity contribution is -0.116. The molecule has 0 rings (SSSR count). The Morgan fingerprint density at radius 1 is 1.62 bits per heavy atom. The van der Waals surface area contributed by atoms with E-state index in [1.807, 2.05) is 0 Å².